The lowest BCUT2D eigenvalue weighted by molar-refractivity contribution is -0.126. The van der Waals surface area contributed by atoms with Crippen molar-refractivity contribution in [3.8, 4) is 11.1 Å². The van der Waals surface area contributed by atoms with Gasteiger partial charge in [-0.15, -0.1) is 0 Å². The Morgan fingerprint density at radius 2 is 2.00 bits per heavy atom. The van der Waals surface area contributed by atoms with E-state index in [0.29, 0.717) is 25.7 Å². The molecule has 1 aromatic heterocycles. The van der Waals surface area contributed by atoms with Gasteiger partial charge in [-0.05, 0) is 55.0 Å². The quantitative estimate of drug-likeness (QED) is 0.273. The summed E-state index contributed by atoms with van der Waals surface area (Å²) in [5.74, 6) is -2.33. The summed E-state index contributed by atoms with van der Waals surface area (Å²) in [7, 11) is 6.08. The molecule has 1 amide bonds. The summed E-state index contributed by atoms with van der Waals surface area (Å²) in [5.41, 5.74) is 4.58. The smallest absolute Gasteiger partial charge is 0.345 e. The van der Waals surface area contributed by atoms with Gasteiger partial charge < -0.3 is 25.7 Å². The number of halogens is 4. The highest BCUT2D eigenvalue weighted by Gasteiger charge is 2.31. The van der Waals surface area contributed by atoms with Crippen molar-refractivity contribution < 1.29 is 27.1 Å². The van der Waals surface area contributed by atoms with Crippen LogP contribution in [0.2, 0.25) is 0 Å². The van der Waals surface area contributed by atoms with E-state index in [1.54, 1.807) is 4.90 Å². The van der Waals surface area contributed by atoms with E-state index >= 15 is 0 Å². The van der Waals surface area contributed by atoms with Gasteiger partial charge in [0.2, 0.25) is 0 Å². The van der Waals surface area contributed by atoms with Crippen LogP contribution >= 0.6 is 0 Å². The molecule has 1 atom stereocenters. The van der Waals surface area contributed by atoms with Gasteiger partial charge in [-0.25, -0.2) is 8.78 Å². The summed E-state index contributed by atoms with van der Waals surface area (Å²) < 4.78 is 56.6. The summed E-state index contributed by atoms with van der Waals surface area (Å²) in [6.07, 6.45) is 2.39. The number of aromatic amines is 1. The van der Waals surface area contributed by atoms with E-state index in [0.717, 1.165) is 31.4 Å². The number of ether oxygens (including phenoxy) is 1. The molecule has 2 aromatic rings. The van der Waals surface area contributed by atoms with Gasteiger partial charge in [0.25, 0.3) is 11.5 Å². The molecule has 1 aromatic carbocycles. The highest BCUT2D eigenvalue weighted by atomic mass is 19.3. The van der Waals surface area contributed by atoms with Crippen molar-refractivity contribution in [1.29, 1.82) is 0 Å². The molecule has 0 saturated carbocycles. The van der Waals surface area contributed by atoms with Crippen LogP contribution in [0.3, 0.4) is 0 Å². The van der Waals surface area contributed by atoms with Gasteiger partial charge in [0.05, 0.1) is 12.3 Å². The Bertz CT molecular complexity index is 1060. The Balaban J connectivity index is 2.07. The van der Waals surface area contributed by atoms with Crippen molar-refractivity contribution in [2.24, 2.45) is 11.7 Å². The number of hydrogen-bond donors (Lipinski definition) is 3. The van der Waals surface area contributed by atoms with Crippen LogP contribution in [0.15, 0.2) is 23.0 Å². The van der Waals surface area contributed by atoms with Gasteiger partial charge >= 0.3 is 6.61 Å². The van der Waals surface area contributed by atoms with E-state index in [-0.39, 0.29) is 40.4 Å². The van der Waals surface area contributed by atoms with Gasteiger partial charge in [-0.3, -0.25) is 9.59 Å². The third kappa shape index (κ3) is 6.18. The van der Waals surface area contributed by atoms with Crippen LogP contribution in [-0.4, -0.2) is 58.1 Å². The second-order valence-electron chi connectivity index (χ2n) is 8.04. The molecule has 0 aliphatic carbocycles. The number of nitrogens with two attached hydrogens (primary N) is 1. The lowest BCUT2D eigenvalue weighted by Crippen LogP contribution is -2.39. The monoisotopic (exact) mass is 480 g/mol. The molecule has 1 saturated heterocycles. The maximum Gasteiger partial charge on any atom is 0.345 e. The summed E-state index contributed by atoms with van der Waals surface area (Å²) >= 11 is 0. The minimum Gasteiger partial charge on any atom is -0.370 e. The van der Waals surface area contributed by atoms with Crippen molar-refractivity contribution in [3.63, 3.8) is 0 Å². The topological polar surface area (TPSA) is 100 Å². The highest BCUT2D eigenvalue weighted by Crippen LogP contribution is 2.35. The summed E-state index contributed by atoms with van der Waals surface area (Å²) in [5, 5.41) is 2.38. The molecule has 4 N–H and O–H groups in total. The molecular formula is C22H25BF4N4O3. The van der Waals surface area contributed by atoms with Crippen molar-refractivity contribution in [1.82, 2.24) is 10.3 Å². The Kier molecular flexibility index (Phi) is 8.73. The molecule has 2 radical (unpaired) electrons. The molecule has 1 aliphatic rings. The normalized spacial score (nSPS) is 15.8. The van der Waals surface area contributed by atoms with E-state index in [4.69, 9.17) is 13.6 Å². The van der Waals surface area contributed by atoms with Gasteiger partial charge in [0, 0.05) is 31.3 Å². The maximum absolute atomic E-state index is 14.0. The summed E-state index contributed by atoms with van der Waals surface area (Å²) in [4.78, 5) is 29.9. The molecule has 1 unspecified atom stereocenters. The van der Waals surface area contributed by atoms with E-state index in [9.17, 15) is 27.2 Å². The Morgan fingerprint density at radius 3 is 2.65 bits per heavy atom. The zero-order valence-corrected chi connectivity index (χ0v) is 18.4. The fraction of sp³-hybridized carbons (Fsp3) is 0.455. The predicted molar refractivity (Wildman–Crippen MR) is 121 cm³/mol. The van der Waals surface area contributed by atoms with Crippen LogP contribution in [0, 0.1) is 17.6 Å². The average Bonchev–Trinajstić information content (AvgIpc) is 3.22. The first-order valence-electron chi connectivity index (χ1n) is 10.9. The number of nitrogens with one attached hydrogen (secondary N) is 2. The number of nitrogens with zero attached hydrogens (tertiary/aromatic N) is 1. The van der Waals surface area contributed by atoms with E-state index in [1.807, 2.05) is 0 Å². The van der Waals surface area contributed by atoms with E-state index in [2.05, 4.69) is 15.0 Å². The SMILES string of the molecule is [B]c1[nH]c(=O)c(C(=O)NCCOC(F)F)c(N2CCC(CCCN)C2)c1-c1cc(F)cc(F)c1. The molecular weight excluding hydrogens is 455 g/mol. The highest BCUT2D eigenvalue weighted by molar-refractivity contribution is 6.35. The lowest BCUT2D eigenvalue weighted by Gasteiger charge is -2.26. The zero-order chi connectivity index (χ0) is 24.8. The third-order valence-corrected chi connectivity index (χ3v) is 5.65. The number of aromatic nitrogens is 1. The number of carbonyl (C=O) groups is 1. The Morgan fingerprint density at radius 1 is 1.29 bits per heavy atom. The molecule has 3 rings (SSSR count). The zero-order valence-electron chi connectivity index (χ0n) is 18.4. The number of hydrogen-bond acceptors (Lipinski definition) is 5. The largest absolute Gasteiger partial charge is 0.370 e. The number of anilines is 1. The molecule has 2 heterocycles. The third-order valence-electron chi connectivity index (χ3n) is 5.65. The Hall–Kier alpha value is -2.86. The standard InChI is InChI=1S/C22H25BF4N4O3/c23-19-16(13-8-14(24)10-15(25)9-13)18(31-6-3-12(11-31)2-1-4-28)17(21(33)30-19)20(32)29-5-7-34-22(26)27/h8-10,12,22H,1-7,11,28H2,(H,29,32)(H,30,33). The number of rotatable bonds is 10. The van der Waals surface area contributed by atoms with Crippen LogP contribution in [0.4, 0.5) is 23.2 Å². The first-order chi connectivity index (χ1) is 16.2. The first-order valence-corrected chi connectivity index (χ1v) is 10.9. The van der Waals surface area contributed by atoms with Gasteiger partial charge in [0.15, 0.2) is 0 Å². The molecule has 1 aliphatic heterocycles. The molecule has 1 fully saturated rings. The number of amides is 1. The fourth-order valence-electron chi connectivity index (χ4n) is 4.20. The minimum atomic E-state index is -3.00. The fourth-order valence-corrected chi connectivity index (χ4v) is 4.20. The molecule has 7 nitrogen and oxygen atoms in total. The summed E-state index contributed by atoms with van der Waals surface area (Å²) in [6, 6.07) is 2.80. The van der Waals surface area contributed by atoms with Gasteiger partial charge in [-0.1, -0.05) is 0 Å². The van der Waals surface area contributed by atoms with Crippen molar-refractivity contribution >= 4 is 25.0 Å². The predicted octanol–water partition coefficient (Wildman–Crippen LogP) is 1.65. The number of benzene rings is 1. The van der Waals surface area contributed by atoms with Crippen LogP contribution in [0.25, 0.3) is 11.1 Å². The van der Waals surface area contributed by atoms with E-state index in [1.165, 1.54) is 0 Å². The molecule has 0 spiro atoms. The second kappa shape index (κ2) is 11.5. The van der Waals surface area contributed by atoms with Crippen molar-refractivity contribution in [3.05, 3.63) is 45.8 Å². The molecule has 12 heteroatoms. The number of alkyl halides is 2. The number of H-pyrrole nitrogens is 1. The molecule has 182 valence electrons. The van der Waals surface area contributed by atoms with Crippen molar-refractivity contribution in [2.75, 3.05) is 37.7 Å². The molecule has 0 bridgehead atoms. The second-order valence-corrected chi connectivity index (χ2v) is 8.04. The van der Waals surface area contributed by atoms with Crippen LogP contribution in [0.1, 0.15) is 29.6 Å². The lowest BCUT2D eigenvalue weighted by atomic mass is 9.89. The minimum absolute atomic E-state index is 0.0433. The maximum atomic E-state index is 14.0. The number of pyridine rings is 1. The van der Waals surface area contributed by atoms with Crippen molar-refractivity contribution in [2.45, 2.75) is 25.9 Å². The summed E-state index contributed by atoms with van der Waals surface area (Å²) in [6.45, 7) is -2.29. The Labute approximate surface area is 195 Å². The average molecular weight is 480 g/mol. The van der Waals surface area contributed by atoms with Gasteiger partial charge in [0.1, 0.15) is 25.0 Å². The van der Waals surface area contributed by atoms with E-state index < -0.39 is 36.3 Å². The molecule has 34 heavy (non-hydrogen) atoms. The van der Waals surface area contributed by atoms with Crippen LogP contribution in [0.5, 0.6) is 0 Å². The first kappa shape index (κ1) is 25.8. The van der Waals surface area contributed by atoms with Crippen LogP contribution < -0.4 is 27.1 Å². The number of carbonyl (C=O) groups excluding carboxylic acids is 1. The van der Waals surface area contributed by atoms with Gasteiger partial charge in [-0.2, -0.15) is 8.78 Å². The van der Waals surface area contributed by atoms with Crippen LogP contribution in [-0.2, 0) is 4.74 Å².